The van der Waals surface area contributed by atoms with Gasteiger partial charge in [0, 0.05) is 18.7 Å². The van der Waals surface area contributed by atoms with Gasteiger partial charge >= 0.3 is 0 Å². The fourth-order valence-electron chi connectivity index (χ4n) is 3.41. The quantitative estimate of drug-likeness (QED) is 0.372. The van der Waals surface area contributed by atoms with E-state index in [0.29, 0.717) is 11.3 Å². The van der Waals surface area contributed by atoms with Gasteiger partial charge in [0.05, 0.1) is 5.69 Å². The molecule has 1 heterocycles. The fraction of sp³-hybridized carbons (Fsp3) is 0.500. The largest absolute Gasteiger partial charge is 0.409 e. The maximum absolute atomic E-state index is 14.1. The number of nitrogens with zero attached hydrogens (tertiary/aromatic N) is 2. The average molecular weight is 263 g/mol. The van der Waals surface area contributed by atoms with Crippen molar-refractivity contribution >= 4 is 11.5 Å². The fourth-order valence-corrected chi connectivity index (χ4v) is 3.41. The third-order valence-electron chi connectivity index (χ3n) is 4.42. The van der Waals surface area contributed by atoms with E-state index in [2.05, 4.69) is 10.1 Å². The summed E-state index contributed by atoms with van der Waals surface area (Å²) in [4.78, 5) is 2.12. The zero-order chi connectivity index (χ0) is 13.4. The Morgan fingerprint density at radius 2 is 2.00 bits per heavy atom. The van der Waals surface area contributed by atoms with Crippen LogP contribution in [0.25, 0.3) is 0 Å². The summed E-state index contributed by atoms with van der Waals surface area (Å²) in [6.07, 6.45) is 3.85. The van der Waals surface area contributed by atoms with Crippen molar-refractivity contribution in [1.82, 2.24) is 0 Å². The highest BCUT2D eigenvalue weighted by Crippen LogP contribution is 2.40. The molecule has 0 aromatic heterocycles. The Balaban J connectivity index is 1.82. The second kappa shape index (κ2) is 4.72. The predicted molar refractivity (Wildman–Crippen MR) is 72.0 cm³/mol. The lowest BCUT2D eigenvalue weighted by Crippen LogP contribution is -2.22. The van der Waals surface area contributed by atoms with Crippen molar-refractivity contribution in [3.63, 3.8) is 0 Å². The Morgan fingerprint density at radius 3 is 2.58 bits per heavy atom. The molecule has 2 aliphatic rings. The molecule has 4 nitrogen and oxygen atoms in total. The van der Waals surface area contributed by atoms with Crippen molar-refractivity contribution in [2.24, 2.45) is 22.7 Å². The SMILES string of the molecule is N/C(=N/O)c1ccc(N2CC3CCCC3C2)c(F)c1. The molecular weight excluding hydrogens is 245 g/mol. The monoisotopic (exact) mass is 263 g/mol. The number of rotatable bonds is 2. The second-order valence-electron chi connectivity index (χ2n) is 5.51. The molecular formula is C14H18FN3O. The summed E-state index contributed by atoms with van der Waals surface area (Å²) in [6, 6.07) is 4.75. The molecule has 1 aromatic rings. The van der Waals surface area contributed by atoms with Crippen molar-refractivity contribution in [3.05, 3.63) is 29.6 Å². The van der Waals surface area contributed by atoms with E-state index >= 15 is 0 Å². The highest BCUT2D eigenvalue weighted by Gasteiger charge is 2.36. The lowest BCUT2D eigenvalue weighted by Gasteiger charge is -2.20. The standard InChI is InChI=1S/C14H18FN3O/c15-12-6-9(14(16)17-19)4-5-13(12)18-7-10-2-1-3-11(10)8-18/h4-6,10-11,19H,1-3,7-8H2,(H2,16,17). The maximum Gasteiger partial charge on any atom is 0.170 e. The lowest BCUT2D eigenvalue weighted by molar-refractivity contribution is 0.318. The van der Waals surface area contributed by atoms with Crippen molar-refractivity contribution in [3.8, 4) is 0 Å². The average Bonchev–Trinajstić information content (AvgIpc) is 2.98. The minimum atomic E-state index is -0.302. The molecule has 1 aliphatic carbocycles. The van der Waals surface area contributed by atoms with Crippen LogP contribution in [0.5, 0.6) is 0 Å². The van der Waals surface area contributed by atoms with Gasteiger partial charge in [0.25, 0.3) is 0 Å². The van der Waals surface area contributed by atoms with Crippen molar-refractivity contribution in [1.29, 1.82) is 0 Å². The van der Waals surface area contributed by atoms with E-state index in [1.807, 2.05) is 0 Å². The number of hydrogen-bond acceptors (Lipinski definition) is 3. The first-order chi connectivity index (χ1) is 9.19. The number of anilines is 1. The van der Waals surface area contributed by atoms with Gasteiger partial charge in [-0.3, -0.25) is 0 Å². The van der Waals surface area contributed by atoms with Crippen LogP contribution in [0.1, 0.15) is 24.8 Å². The molecule has 2 unspecified atom stereocenters. The second-order valence-corrected chi connectivity index (χ2v) is 5.51. The number of halogens is 1. The molecule has 102 valence electrons. The van der Waals surface area contributed by atoms with E-state index in [9.17, 15) is 4.39 Å². The van der Waals surface area contributed by atoms with Gasteiger partial charge in [-0.25, -0.2) is 4.39 Å². The number of fused-ring (bicyclic) bond motifs is 1. The number of amidine groups is 1. The third kappa shape index (κ3) is 2.13. The topological polar surface area (TPSA) is 61.9 Å². The van der Waals surface area contributed by atoms with Crippen molar-refractivity contribution in [2.75, 3.05) is 18.0 Å². The van der Waals surface area contributed by atoms with E-state index in [4.69, 9.17) is 10.9 Å². The molecule has 1 saturated carbocycles. The molecule has 1 saturated heterocycles. The summed E-state index contributed by atoms with van der Waals surface area (Å²) >= 11 is 0. The zero-order valence-electron chi connectivity index (χ0n) is 10.7. The first kappa shape index (κ1) is 12.3. The molecule has 1 aliphatic heterocycles. The van der Waals surface area contributed by atoms with E-state index in [1.165, 1.54) is 25.3 Å². The van der Waals surface area contributed by atoms with Crippen LogP contribution in [0.2, 0.25) is 0 Å². The van der Waals surface area contributed by atoms with Gasteiger partial charge in [0.1, 0.15) is 5.82 Å². The van der Waals surface area contributed by atoms with Crippen LogP contribution in [-0.2, 0) is 0 Å². The maximum atomic E-state index is 14.1. The highest BCUT2D eigenvalue weighted by atomic mass is 19.1. The summed E-state index contributed by atoms with van der Waals surface area (Å²) in [5.74, 6) is 1.08. The minimum Gasteiger partial charge on any atom is -0.409 e. The van der Waals surface area contributed by atoms with Gasteiger partial charge in [-0.05, 0) is 42.9 Å². The third-order valence-corrected chi connectivity index (χ3v) is 4.42. The molecule has 0 amide bonds. The first-order valence-electron chi connectivity index (χ1n) is 6.71. The first-order valence-corrected chi connectivity index (χ1v) is 6.71. The van der Waals surface area contributed by atoms with E-state index < -0.39 is 0 Å². The summed E-state index contributed by atoms with van der Waals surface area (Å²) in [5, 5.41) is 11.5. The molecule has 0 radical (unpaired) electrons. The summed E-state index contributed by atoms with van der Waals surface area (Å²) in [5.41, 5.74) is 6.50. The van der Waals surface area contributed by atoms with E-state index in [1.54, 1.807) is 12.1 Å². The van der Waals surface area contributed by atoms with Crippen LogP contribution in [0, 0.1) is 17.7 Å². The van der Waals surface area contributed by atoms with Gasteiger partial charge in [0.15, 0.2) is 5.84 Å². The van der Waals surface area contributed by atoms with Gasteiger partial charge in [-0.15, -0.1) is 0 Å². The molecule has 2 atom stereocenters. The van der Waals surface area contributed by atoms with Crippen LogP contribution in [-0.4, -0.2) is 24.1 Å². The molecule has 0 bridgehead atoms. The van der Waals surface area contributed by atoms with Gasteiger partial charge in [-0.1, -0.05) is 11.6 Å². The Kier molecular flexibility index (Phi) is 3.05. The Hall–Kier alpha value is -1.78. The zero-order valence-corrected chi connectivity index (χ0v) is 10.7. The summed E-state index contributed by atoms with van der Waals surface area (Å²) in [6.45, 7) is 1.90. The van der Waals surface area contributed by atoms with Crippen LogP contribution in [0.15, 0.2) is 23.4 Å². The molecule has 1 aromatic carbocycles. The smallest absolute Gasteiger partial charge is 0.170 e. The number of oxime groups is 1. The van der Waals surface area contributed by atoms with Gasteiger partial charge in [0.2, 0.25) is 0 Å². The lowest BCUT2D eigenvalue weighted by atomic mass is 10.0. The van der Waals surface area contributed by atoms with Crippen LogP contribution in [0.3, 0.4) is 0 Å². The van der Waals surface area contributed by atoms with Crippen LogP contribution in [0.4, 0.5) is 10.1 Å². The number of benzene rings is 1. The Morgan fingerprint density at radius 1 is 1.32 bits per heavy atom. The summed E-state index contributed by atoms with van der Waals surface area (Å²) < 4.78 is 14.1. The molecule has 3 N–H and O–H groups in total. The highest BCUT2D eigenvalue weighted by molar-refractivity contribution is 5.97. The summed E-state index contributed by atoms with van der Waals surface area (Å²) in [7, 11) is 0. The molecule has 19 heavy (non-hydrogen) atoms. The Labute approximate surface area is 111 Å². The molecule has 5 heteroatoms. The van der Waals surface area contributed by atoms with Crippen LogP contribution >= 0.6 is 0 Å². The minimum absolute atomic E-state index is 0.0660. The van der Waals surface area contributed by atoms with Gasteiger partial charge < -0.3 is 15.8 Å². The van der Waals surface area contributed by atoms with Crippen molar-refractivity contribution in [2.45, 2.75) is 19.3 Å². The number of nitrogens with two attached hydrogens (primary N) is 1. The Bertz CT molecular complexity index is 505. The normalized spacial score (nSPS) is 26.8. The molecule has 3 rings (SSSR count). The van der Waals surface area contributed by atoms with E-state index in [0.717, 1.165) is 24.9 Å². The van der Waals surface area contributed by atoms with Gasteiger partial charge in [-0.2, -0.15) is 0 Å². The number of hydrogen-bond donors (Lipinski definition) is 2. The van der Waals surface area contributed by atoms with Crippen LogP contribution < -0.4 is 10.6 Å². The molecule has 0 spiro atoms. The predicted octanol–water partition coefficient (Wildman–Crippen LogP) is 2.16. The molecule has 2 fully saturated rings. The van der Waals surface area contributed by atoms with Crippen molar-refractivity contribution < 1.29 is 9.60 Å². The van der Waals surface area contributed by atoms with E-state index in [-0.39, 0.29) is 11.7 Å².